The van der Waals surface area contributed by atoms with Crippen molar-refractivity contribution in [3.63, 3.8) is 0 Å². The van der Waals surface area contributed by atoms with Crippen LogP contribution in [0.2, 0.25) is 0 Å². The van der Waals surface area contributed by atoms with Gasteiger partial charge in [0.25, 0.3) is 0 Å². The molecule has 0 saturated heterocycles. The molecule has 2 heterocycles. The zero-order chi connectivity index (χ0) is 14.1. The fourth-order valence-electron chi connectivity index (χ4n) is 2.40. The third kappa shape index (κ3) is 2.20. The van der Waals surface area contributed by atoms with Crippen molar-refractivity contribution in [3.05, 3.63) is 52.2 Å². The van der Waals surface area contributed by atoms with Gasteiger partial charge in [-0.2, -0.15) is 5.10 Å². The first-order valence-corrected chi connectivity index (χ1v) is 7.24. The van der Waals surface area contributed by atoms with Crippen molar-refractivity contribution < 1.29 is 9.90 Å². The topological polar surface area (TPSA) is 52.9 Å². The molecule has 1 aromatic heterocycles. The standard InChI is InChI=1S/C15H14N2O2S/c1-10(18)17-13(11-5-2-3-6-14(11)19)9-12(16-17)15-7-4-8-20-15/h2-8,13,19H,9H2,1H3. The summed E-state index contributed by atoms with van der Waals surface area (Å²) >= 11 is 1.60. The number of para-hydroxylation sites is 1. The van der Waals surface area contributed by atoms with Gasteiger partial charge in [-0.15, -0.1) is 11.3 Å². The number of aromatic hydroxyl groups is 1. The minimum absolute atomic E-state index is 0.121. The first-order valence-electron chi connectivity index (χ1n) is 6.36. The summed E-state index contributed by atoms with van der Waals surface area (Å²) in [6.45, 7) is 1.49. The molecule has 0 aliphatic carbocycles. The lowest BCUT2D eigenvalue weighted by Crippen LogP contribution is -2.24. The minimum Gasteiger partial charge on any atom is -0.508 e. The number of hydrogen-bond donors (Lipinski definition) is 1. The number of carbonyl (C=O) groups is 1. The Kier molecular flexibility index (Phi) is 3.28. The molecule has 2 aromatic rings. The van der Waals surface area contributed by atoms with Gasteiger partial charge in [-0.25, -0.2) is 5.01 Å². The molecular formula is C15H14N2O2S. The lowest BCUT2D eigenvalue weighted by atomic mass is 10.0. The number of hydrazone groups is 1. The second kappa shape index (κ2) is 5.09. The number of rotatable bonds is 2. The van der Waals surface area contributed by atoms with Crippen LogP contribution in [0.15, 0.2) is 46.9 Å². The Hall–Kier alpha value is -2.14. The van der Waals surface area contributed by atoms with Gasteiger partial charge in [-0.1, -0.05) is 24.3 Å². The van der Waals surface area contributed by atoms with Crippen molar-refractivity contribution in [3.8, 4) is 5.75 Å². The van der Waals surface area contributed by atoms with Gasteiger partial charge in [0.05, 0.1) is 16.6 Å². The molecule has 0 radical (unpaired) electrons. The molecule has 0 bridgehead atoms. The third-order valence-electron chi connectivity index (χ3n) is 3.33. The lowest BCUT2D eigenvalue weighted by molar-refractivity contribution is -0.130. The first-order chi connectivity index (χ1) is 9.66. The zero-order valence-electron chi connectivity index (χ0n) is 11.0. The maximum absolute atomic E-state index is 11.8. The van der Waals surface area contributed by atoms with Crippen LogP contribution in [-0.2, 0) is 4.79 Å². The van der Waals surface area contributed by atoms with Crippen molar-refractivity contribution in [1.29, 1.82) is 0 Å². The maximum atomic E-state index is 11.8. The van der Waals surface area contributed by atoms with E-state index >= 15 is 0 Å². The Morgan fingerprint density at radius 1 is 1.35 bits per heavy atom. The summed E-state index contributed by atoms with van der Waals surface area (Å²) in [4.78, 5) is 12.9. The van der Waals surface area contributed by atoms with Crippen LogP contribution in [0.25, 0.3) is 0 Å². The van der Waals surface area contributed by atoms with E-state index in [1.54, 1.807) is 23.5 Å². The van der Waals surface area contributed by atoms with Crippen molar-refractivity contribution >= 4 is 23.0 Å². The predicted molar refractivity (Wildman–Crippen MR) is 78.8 cm³/mol. The van der Waals surface area contributed by atoms with Crippen molar-refractivity contribution in [2.45, 2.75) is 19.4 Å². The molecular weight excluding hydrogens is 272 g/mol. The molecule has 1 aromatic carbocycles. The Labute approximate surface area is 121 Å². The van der Waals surface area contributed by atoms with Gasteiger partial charge >= 0.3 is 0 Å². The molecule has 1 amide bonds. The van der Waals surface area contributed by atoms with Crippen LogP contribution in [0.3, 0.4) is 0 Å². The lowest BCUT2D eigenvalue weighted by Gasteiger charge is -2.21. The quantitative estimate of drug-likeness (QED) is 0.922. The summed E-state index contributed by atoms with van der Waals surface area (Å²) in [6.07, 6.45) is 0.623. The number of phenolic OH excluding ortho intramolecular Hbond substituents is 1. The highest BCUT2D eigenvalue weighted by molar-refractivity contribution is 7.12. The van der Waals surface area contributed by atoms with Gasteiger partial charge < -0.3 is 5.11 Å². The molecule has 0 spiro atoms. The van der Waals surface area contributed by atoms with Crippen LogP contribution in [0.5, 0.6) is 5.75 Å². The fourth-order valence-corrected chi connectivity index (χ4v) is 3.12. The van der Waals surface area contributed by atoms with E-state index in [-0.39, 0.29) is 17.7 Å². The smallest absolute Gasteiger partial charge is 0.240 e. The molecule has 1 N–H and O–H groups in total. The van der Waals surface area contributed by atoms with Gasteiger partial charge in [-0.05, 0) is 17.5 Å². The molecule has 1 aliphatic rings. The second-order valence-corrected chi connectivity index (χ2v) is 5.61. The van der Waals surface area contributed by atoms with E-state index in [4.69, 9.17) is 0 Å². The largest absolute Gasteiger partial charge is 0.508 e. The number of nitrogens with zero attached hydrogens (tertiary/aromatic N) is 2. The van der Waals surface area contributed by atoms with E-state index in [0.29, 0.717) is 6.42 Å². The highest BCUT2D eigenvalue weighted by atomic mass is 32.1. The molecule has 1 unspecified atom stereocenters. The van der Waals surface area contributed by atoms with Crippen LogP contribution in [0.1, 0.15) is 29.8 Å². The van der Waals surface area contributed by atoms with E-state index in [0.717, 1.165) is 16.2 Å². The number of carbonyl (C=O) groups excluding carboxylic acids is 1. The Morgan fingerprint density at radius 3 is 2.80 bits per heavy atom. The highest BCUT2D eigenvalue weighted by Crippen LogP contribution is 2.37. The summed E-state index contributed by atoms with van der Waals surface area (Å²) in [5.41, 5.74) is 1.63. The summed E-state index contributed by atoms with van der Waals surface area (Å²) in [6, 6.07) is 10.8. The van der Waals surface area contributed by atoms with Gasteiger partial charge in [0, 0.05) is 18.9 Å². The highest BCUT2D eigenvalue weighted by Gasteiger charge is 2.33. The van der Waals surface area contributed by atoms with Crippen LogP contribution in [-0.4, -0.2) is 21.7 Å². The SMILES string of the molecule is CC(=O)N1N=C(c2cccs2)CC1c1ccccc1O. The molecule has 0 saturated carbocycles. The molecule has 20 heavy (non-hydrogen) atoms. The van der Waals surface area contributed by atoms with Gasteiger partial charge in [0.1, 0.15) is 5.75 Å². The summed E-state index contributed by atoms with van der Waals surface area (Å²) < 4.78 is 0. The second-order valence-electron chi connectivity index (χ2n) is 4.67. The first kappa shape index (κ1) is 12.9. The van der Waals surface area contributed by atoms with Crippen LogP contribution >= 0.6 is 11.3 Å². The summed E-state index contributed by atoms with van der Waals surface area (Å²) in [7, 11) is 0. The molecule has 0 fully saturated rings. The molecule has 1 atom stereocenters. The average molecular weight is 286 g/mol. The number of hydrogen-bond acceptors (Lipinski definition) is 4. The maximum Gasteiger partial charge on any atom is 0.240 e. The van der Waals surface area contributed by atoms with E-state index in [2.05, 4.69) is 5.10 Å². The predicted octanol–water partition coefficient (Wildman–Crippen LogP) is 3.15. The van der Waals surface area contributed by atoms with Crippen molar-refractivity contribution in [2.24, 2.45) is 5.10 Å². The number of thiophene rings is 1. The zero-order valence-corrected chi connectivity index (χ0v) is 11.8. The fraction of sp³-hybridized carbons (Fsp3) is 0.200. The Morgan fingerprint density at radius 2 is 2.15 bits per heavy atom. The molecule has 3 rings (SSSR count). The minimum atomic E-state index is -0.231. The van der Waals surface area contributed by atoms with Gasteiger partial charge in [0.2, 0.25) is 5.91 Å². The normalized spacial score (nSPS) is 18.1. The van der Waals surface area contributed by atoms with Crippen LogP contribution in [0.4, 0.5) is 0 Å². The average Bonchev–Trinajstić information content (AvgIpc) is 3.08. The monoisotopic (exact) mass is 286 g/mol. The van der Waals surface area contributed by atoms with E-state index < -0.39 is 0 Å². The molecule has 5 heteroatoms. The van der Waals surface area contributed by atoms with Crippen LogP contribution < -0.4 is 0 Å². The third-order valence-corrected chi connectivity index (χ3v) is 4.25. The van der Waals surface area contributed by atoms with E-state index in [1.165, 1.54) is 11.9 Å². The molecule has 102 valence electrons. The summed E-state index contributed by atoms with van der Waals surface area (Å²) in [5.74, 6) is 0.0798. The van der Waals surface area contributed by atoms with Crippen molar-refractivity contribution in [2.75, 3.05) is 0 Å². The molecule has 1 aliphatic heterocycles. The summed E-state index contributed by atoms with van der Waals surface area (Å²) in [5, 5.41) is 17.9. The van der Waals surface area contributed by atoms with Crippen LogP contribution in [0, 0.1) is 0 Å². The van der Waals surface area contributed by atoms with Gasteiger partial charge in [0.15, 0.2) is 0 Å². The Balaban J connectivity index is 1.98. The number of amides is 1. The Bertz CT molecular complexity index is 664. The number of benzene rings is 1. The molecule has 4 nitrogen and oxygen atoms in total. The van der Waals surface area contributed by atoms with Gasteiger partial charge in [-0.3, -0.25) is 4.79 Å². The van der Waals surface area contributed by atoms with Crippen molar-refractivity contribution in [1.82, 2.24) is 5.01 Å². The van der Waals surface area contributed by atoms with E-state index in [1.807, 2.05) is 29.6 Å². The number of phenols is 1. The van der Waals surface area contributed by atoms with E-state index in [9.17, 15) is 9.90 Å².